The van der Waals surface area contributed by atoms with Crippen LogP contribution in [0.3, 0.4) is 0 Å². The fraction of sp³-hybridized carbons (Fsp3) is 0.278. The van der Waals surface area contributed by atoms with Gasteiger partial charge in [-0.1, -0.05) is 44.2 Å². The zero-order chi connectivity index (χ0) is 16.7. The summed E-state index contributed by atoms with van der Waals surface area (Å²) in [5.74, 6) is 0.715. The van der Waals surface area contributed by atoms with Gasteiger partial charge in [0, 0.05) is 0 Å². The van der Waals surface area contributed by atoms with Gasteiger partial charge in [-0.05, 0) is 29.7 Å². The van der Waals surface area contributed by atoms with Crippen molar-refractivity contribution in [2.24, 2.45) is 0 Å². The monoisotopic (exact) mass is 316 g/mol. The minimum atomic E-state index is -0.468. The van der Waals surface area contributed by atoms with Gasteiger partial charge in [0.15, 0.2) is 0 Å². The number of anilines is 1. The van der Waals surface area contributed by atoms with Gasteiger partial charge >= 0.3 is 6.03 Å². The van der Waals surface area contributed by atoms with E-state index in [2.05, 4.69) is 24.5 Å². The molecule has 2 aromatic carbocycles. The second-order valence-electron chi connectivity index (χ2n) is 5.40. The second kappa shape index (κ2) is 8.17. The summed E-state index contributed by atoms with van der Waals surface area (Å²) < 4.78 is 19.1. The van der Waals surface area contributed by atoms with Crippen molar-refractivity contribution in [2.45, 2.75) is 19.8 Å². The highest BCUT2D eigenvalue weighted by Crippen LogP contribution is 2.25. The molecule has 0 aliphatic heterocycles. The average molecular weight is 316 g/mol. The number of hydrogen-bond acceptors (Lipinski definition) is 2. The number of ether oxygens (including phenoxy) is 1. The van der Waals surface area contributed by atoms with E-state index in [1.54, 1.807) is 12.1 Å². The van der Waals surface area contributed by atoms with Crippen LogP contribution in [0, 0.1) is 5.82 Å². The Balaban J connectivity index is 1.78. The number of hydrogen-bond donors (Lipinski definition) is 2. The first-order valence-corrected chi connectivity index (χ1v) is 7.59. The van der Waals surface area contributed by atoms with E-state index >= 15 is 0 Å². The van der Waals surface area contributed by atoms with E-state index in [4.69, 9.17) is 4.74 Å². The van der Waals surface area contributed by atoms with Crippen molar-refractivity contribution >= 4 is 11.7 Å². The summed E-state index contributed by atoms with van der Waals surface area (Å²) >= 11 is 0. The van der Waals surface area contributed by atoms with Gasteiger partial charge in [-0.2, -0.15) is 0 Å². The summed E-state index contributed by atoms with van der Waals surface area (Å²) in [6.07, 6.45) is 0. The Labute approximate surface area is 135 Å². The van der Waals surface area contributed by atoms with Crippen molar-refractivity contribution in [3.8, 4) is 5.75 Å². The Morgan fingerprint density at radius 2 is 1.83 bits per heavy atom. The lowest BCUT2D eigenvalue weighted by atomic mass is 10.0. The first kappa shape index (κ1) is 16.8. The zero-order valence-corrected chi connectivity index (χ0v) is 13.3. The van der Waals surface area contributed by atoms with Crippen LogP contribution in [0.25, 0.3) is 0 Å². The first-order valence-electron chi connectivity index (χ1n) is 7.59. The molecule has 0 fully saturated rings. The summed E-state index contributed by atoms with van der Waals surface area (Å²) in [6.45, 7) is 4.87. The molecule has 0 aliphatic carbocycles. The first-order chi connectivity index (χ1) is 11.1. The number of benzene rings is 2. The SMILES string of the molecule is CC(C)c1ccccc1OCCNC(=O)Nc1ccccc1F. The number of carbonyl (C=O) groups is 1. The largest absolute Gasteiger partial charge is 0.491 e. The van der Waals surface area contributed by atoms with E-state index in [1.807, 2.05) is 24.3 Å². The molecule has 2 rings (SSSR count). The van der Waals surface area contributed by atoms with Gasteiger partial charge in [0.05, 0.1) is 12.2 Å². The molecular weight excluding hydrogens is 295 g/mol. The lowest BCUT2D eigenvalue weighted by Gasteiger charge is -2.14. The van der Waals surface area contributed by atoms with Gasteiger partial charge in [0.2, 0.25) is 0 Å². The van der Waals surface area contributed by atoms with Gasteiger partial charge in [-0.25, -0.2) is 9.18 Å². The van der Waals surface area contributed by atoms with Gasteiger partial charge in [-0.3, -0.25) is 0 Å². The molecule has 0 aliphatic rings. The second-order valence-corrected chi connectivity index (χ2v) is 5.40. The highest BCUT2D eigenvalue weighted by molar-refractivity contribution is 5.89. The van der Waals surface area contributed by atoms with Crippen LogP contribution in [0.5, 0.6) is 5.75 Å². The maximum absolute atomic E-state index is 13.4. The highest BCUT2D eigenvalue weighted by atomic mass is 19.1. The molecular formula is C18H21FN2O2. The van der Waals surface area contributed by atoms with Crippen molar-refractivity contribution < 1.29 is 13.9 Å². The molecule has 4 nitrogen and oxygen atoms in total. The Kier molecular flexibility index (Phi) is 5.97. The molecule has 0 bridgehead atoms. The fourth-order valence-corrected chi connectivity index (χ4v) is 2.14. The van der Waals surface area contributed by atoms with Crippen LogP contribution in [0.1, 0.15) is 25.3 Å². The number of nitrogens with one attached hydrogen (secondary N) is 2. The minimum Gasteiger partial charge on any atom is -0.491 e. The van der Waals surface area contributed by atoms with E-state index in [0.717, 1.165) is 11.3 Å². The predicted octanol–water partition coefficient (Wildman–Crippen LogP) is 4.15. The standard InChI is InChI=1S/C18H21FN2O2/c1-13(2)14-7-3-6-10-17(14)23-12-11-20-18(22)21-16-9-5-4-8-15(16)19/h3-10,13H,11-12H2,1-2H3,(H2,20,21,22). The Hall–Kier alpha value is -2.56. The number of amides is 2. The number of halogens is 1. The lowest BCUT2D eigenvalue weighted by molar-refractivity contribution is 0.247. The highest BCUT2D eigenvalue weighted by Gasteiger charge is 2.08. The quantitative estimate of drug-likeness (QED) is 0.787. The maximum atomic E-state index is 13.4. The van der Waals surface area contributed by atoms with E-state index in [-0.39, 0.29) is 5.69 Å². The Morgan fingerprint density at radius 3 is 2.57 bits per heavy atom. The Morgan fingerprint density at radius 1 is 1.13 bits per heavy atom. The van der Waals surface area contributed by atoms with Crippen molar-refractivity contribution in [3.63, 3.8) is 0 Å². The number of para-hydroxylation sites is 2. The summed E-state index contributed by atoms with van der Waals surface area (Å²) in [5.41, 5.74) is 1.28. The van der Waals surface area contributed by atoms with E-state index in [0.29, 0.717) is 19.1 Å². The van der Waals surface area contributed by atoms with Crippen LogP contribution >= 0.6 is 0 Å². The molecule has 0 radical (unpaired) electrons. The van der Waals surface area contributed by atoms with Crippen LogP contribution in [-0.4, -0.2) is 19.2 Å². The fourth-order valence-electron chi connectivity index (χ4n) is 2.14. The van der Waals surface area contributed by atoms with Gasteiger partial charge < -0.3 is 15.4 Å². The van der Waals surface area contributed by atoms with Gasteiger partial charge in [0.25, 0.3) is 0 Å². The number of urea groups is 1. The molecule has 0 atom stereocenters. The molecule has 0 saturated heterocycles. The molecule has 0 saturated carbocycles. The van der Waals surface area contributed by atoms with Crippen LogP contribution in [0.15, 0.2) is 48.5 Å². The van der Waals surface area contributed by atoms with E-state index in [1.165, 1.54) is 12.1 Å². The van der Waals surface area contributed by atoms with Crippen molar-refractivity contribution in [2.75, 3.05) is 18.5 Å². The Bertz CT molecular complexity index is 659. The smallest absolute Gasteiger partial charge is 0.319 e. The summed E-state index contributed by atoms with van der Waals surface area (Å²) in [6, 6.07) is 13.4. The summed E-state index contributed by atoms with van der Waals surface area (Å²) in [7, 11) is 0. The molecule has 0 unspecified atom stereocenters. The maximum Gasteiger partial charge on any atom is 0.319 e. The molecule has 5 heteroatoms. The third kappa shape index (κ3) is 4.98. The van der Waals surface area contributed by atoms with Crippen LogP contribution in [-0.2, 0) is 0 Å². The summed E-state index contributed by atoms with van der Waals surface area (Å²) in [4.78, 5) is 11.7. The molecule has 0 spiro atoms. The van der Waals surface area contributed by atoms with Crippen LogP contribution in [0.4, 0.5) is 14.9 Å². The van der Waals surface area contributed by atoms with Crippen molar-refractivity contribution in [1.82, 2.24) is 5.32 Å². The van der Waals surface area contributed by atoms with Crippen LogP contribution < -0.4 is 15.4 Å². The van der Waals surface area contributed by atoms with E-state index in [9.17, 15) is 9.18 Å². The van der Waals surface area contributed by atoms with Gasteiger partial charge in [-0.15, -0.1) is 0 Å². The average Bonchev–Trinajstić information content (AvgIpc) is 2.54. The number of rotatable bonds is 6. The topological polar surface area (TPSA) is 50.4 Å². The third-order valence-corrected chi connectivity index (χ3v) is 3.31. The predicted molar refractivity (Wildman–Crippen MR) is 89.4 cm³/mol. The molecule has 2 N–H and O–H groups in total. The number of carbonyl (C=O) groups excluding carboxylic acids is 1. The molecule has 0 heterocycles. The lowest BCUT2D eigenvalue weighted by Crippen LogP contribution is -2.32. The van der Waals surface area contributed by atoms with Crippen molar-refractivity contribution in [3.05, 3.63) is 59.9 Å². The van der Waals surface area contributed by atoms with Crippen LogP contribution in [0.2, 0.25) is 0 Å². The molecule has 2 amide bonds. The summed E-state index contributed by atoms with van der Waals surface area (Å²) in [5, 5.41) is 5.09. The molecule has 122 valence electrons. The van der Waals surface area contributed by atoms with E-state index < -0.39 is 11.8 Å². The third-order valence-electron chi connectivity index (χ3n) is 3.31. The minimum absolute atomic E-state index is 0.149. The van der Waals surface area contributed by atoms with Crippen molar-refractivity contribution in [1.29, 1.82) is 0 Å². The van der Waals surface area contributed by atoms with Gasteiger partial charge in [0.1, 0.15) is 18.2 Å². The molecule has 2 aromatic rings. The molecule has 23 heavy (non-hydrogen) atoms. The zero-order valence-electron chi connectivity index (χ0n) is 13.3. The normalized spacial score (nSPS) is 10.4. The molecule has 0 aromatic heterocycles.